The Balaban J connectivity index is 0.000000229. The highest BCUT2D eigenvalue weighted by Gasteiger charge is 2.24. The van der Waals surface area contributed by atoms with Crippen LogP contribution in [0.15, 0.2) is 36.4 Å². The van der Waals surface area contributed by atoms with Gasteiger partial charge in [-0.2, -0.15) is 0 Å². The predicted octanol–water partition coefficient (Wildman–Crippen LogP) is 1.07. The van der Waals surface area contributed by atoms with Crippen LogP contribution in [0.2, 0.25) is 0 Å². The van der Waals surface area contributed by atoms with Gasteiger partial charge in [-0.25, -0.2) is 9.59 Å². The second-order valence-electron chi connectivity index (χ2n) is 7.20. The number of nitrogen functional groups attached to an aromatic ring is 1. The van der Waals surface area contributed by atoms with Gasteiger partial charge in [0.2, 0.25) is 12.8 Å². The number of ether oxygens (including phenoxy) is 1. The molecule has 2 amide bonds. The van der Waals surface area contributed by atoms with Crippen LogP contribution in [0.25, 0.3) is 0 Å². The number of cyclic esters (lactones) is 2. The third kappa shape index (κ3) is 6.39. The normalized spacial score (nSPS) is 11.9. The van der Waals surface area contributed by atoms with Crippen LogP contribution in [0, 0.1) is 0 Å². The van der Waals surface area contributed by atoms with E-state index in [1.807, 2.05) is 0 Å². The molecule has 3 rings (SSSR count). The van der Waals surface area contributed by atoms with Gasteiger partial charge in [0, 0.05) is 32.9 Å². The summed E-state index contributed by atoms with van der Waals surface area (Å²) >= 11 is 0. The number of carbonyl (C=O) groups is 5. The minimum Gasteiger partial charge on any atom is -0.478 e. The van der Waals surface area contributed by atoms with Crippen LogP contribution in [0.5, 0.6) is 0 Å². The number of hydrogen-bond acceptors (Lipinski definition) is 7. The van der Waals surface area contributed by atoms with Gasteiger partial charge in [0.1, 0.15) is 0 Å². The molecule has 0 aliphatic carbocycles. The molecule has 0 saturated carbocycles. The average molecular weight is 441 g/mol. The Bertz CT molecular complexity index is 1050. The smallest absolute Gasteiger partial charge is 0.346 e. The molecule has 0 aromatic heterocycles. The molecule has 168 valence electrons. The first-order chi connectivity index (χ1) is 15.1. The van der Waals surface area contributed by atoms with Crippen molar-refractivity contribution in [3.05, 3.63) is 64.2 Å². The van der Waals surface area contributed by atoms with E-state index in [4.69, 9.17) is 10.8 Å². The molecule has 0 radical (unpaired) electrons. The Morgan fingerprint density at radius 1 is 1.03 bits per heavy atom. The number of nitrogens with two attached hydrogens (primary N) is 1. The van der Waals surface area contributed by atoms with Crippen molar-refractivity contribution < 1.29 is 33.8 Å². The number of hydrogen-bond donors (Lipinski definition) is 2. The topological polar surface area (TPSA) is 147 Å². The molecule has 0 bridgehead atoms. The van der Waals surface area contributed by atoms with Crippen molar-refractivity contribution in [2.24, 2.45) is 0 Å². The monoisotopic (exact) mass is 441 g/mol. The quantitative estimate of drug-likeness (QED) is 0.281. The number of benzene rings is 2. The van der Waals surface area contributed by atoms with E-state index in [-0.39, 0.29) is 17.7 Å². The SMILES string of the molecule is CN(C=O)Cc1ccc(N)c(C(=O)O)c1.CN(C=O)Cc1ccc2c(c1)C(=O)OC(=O)C2. The molecular formula is C22H23N3O7. The summed E-state index contributed by atoms with van der Waals surface area (Å²) < 4.78 is 4.54. The molecule has 1 heterocycles. The number of fused-ring (bicyclic) bond motifs is 1. The summed E-state index contributed by atoms with van der Waals surface area (Å²) in [5.74, 6) is -2.21. The first-order valence-electron chi connectivity index (χ1n) is 9.44. The number of amides is 2. The number of rotatable bonds is 7. The molecule has 0 atom stereocenters. The Morgan fingerprint density at radius 3 is 2.16 bits per heavy atom. The zero-order valence-electron chi connectivity index (χ0n) is 17.6. The lowest BCUT2D eigenvalue weighted by Crippen LogP contribution is -2.23. The van der Waals surface area contributed by atoms with Gasteiger partial charge in [0.05, 0.1) is 17.5 Å². The van der Waals surface area contributed by atoms with Crippen molar-refractivity contribution in [3.8, 4) is 0 Å². The molecule has 0 saturated heterocycles. The van der Waals surface area contributed by atoms with E-state index >= 15 is 0 Å². The van der Waals surface area contributed by atoms with Crippen molar-refractivity contribution in [1.82, 2.24) is 9.80 Å². The fraction of sp³-hybridized carbons (Fsp3) is 0.227. The lowest BCUT2D eigenvalue weighted by atomic mass is 9.99. The summed E-state index contributed by atoms with van der Waals surface area (Å²) in [7, 11) is 3.26. The van der Waals surface area contributed by atoms with E-state index in [1.165, 1.54) is 21.9 Å². The summed E-state index contributed by atoms with van der Waals surface area (Å²) in [5, 5.41) is 8.82. The van der Waals surface area contributed by atoms with E-state index in [0.717, 1.165) is 11.1 Å². The van der Waals surface area contributed by atoms with Crippen LogP contribution in [-0.2, 0) is 38.6 Å². The van der Waals surface area contributed by atoms with Crippen LogP contribution in [0.3, 0.4) is 0 Å². The fourth-order valence-electron chi connectivity index (χ4n) is 2.95. The molecule has 3 N–H and O–H groups in total. The first kappa shape index (κ1) is 24.1. The van der Waals surface area contributed by atoms with E-state index < -0.39 is 17.9 Å². The number of carboxylic acids is 1. The second kappa shape index (κ2) is 10.7. The first-order valence-corrected chi connectivity index (χ1v) is 9.44. The maximum atomic E-state index is 11.5. The van der Waals surface area contributed by atoms with Crippen molar-refractivity contribution in [2.45, 2.75) is 19.5 Å². The molecule has 0 fully saturated rings. The number of nitrogens with zero attached hydrogens (tertiary/aromatic N) is 2. The molecule has 2 aromatic carbocycles. The summed E-state index contributed by atoms with van der Waals surface area (Å²) in [6.45, 7) is 0.780. The molecule has 1 aliphatic heterocycles. The molecule has 32 heavy (non-hydrogen) atoms. The van der Waals surface area contributed by atoms with Crippen LogP contribution in [-0.4, -0.2) is 59.7 Å². The Kier molecular flexibility index (Phi) is 8.05. The molecule has 10 heteroatoms. The van der Waals surface area contributed by atoms with Gasteiger partial charge in [-0.1, -0.05) is 18.2 Å². The van der Waals surface area contributed by atoms with Crippen molar-refractivity contribution in [1.29, 1.82) is 0 Å². The van der Waals surface area contributed by atoms with E-state index in [1.54, 1.807) is 38.4 Å². The maximum absolute atomic E-state index is 11.5. The summed E-state index contributed by atoms with van der Waals surface area (Å²) in [4.78, 5) is 57.0. The highest BCUT2D eigenvalue weighted by molar-refractivity contribution is 6.02. The fourth-order valence-corrected chi connectivity index (χ4v) is 2.95. The van der Waals surface area contributed by atoms with Crippen LogP contribution in [0.1, 0.15) is 37.4 Å². The van der Waals surface area contributed by atoms with E-state index in [2.05, 4.69) is 4.74 Å². The summed E-state index contributed by atoms with van der Waals surface area (Å²) in [6, 6.07) is 9.87. The highest BCUT2D eigenvalue weighted by Crippen LogP contribution is 2.20. The largest absolute Gasteiger partial charge is 0.478 e. The summed E-state index contributed by atoms with van der Waals surface area (Å²) in [5.41, 5.74) is 8.40. The minimum atomic E-state index is -1.07. The highest BCUT2D eigenvalue weighted by atomic mass is 16.6. The van der Waals surface area contributed by atoms with Gasteiger partial charge in [-0.15, -0.1) is 0 Å². The van der Waals surface area contributed by atoms with Gasteiger partial charge < -0.3 is 25.4 Å². The van der Waals surface area contributed by atoms with Gasteiger partial charge in [-0.05, 0) is 34.9 Å². The minimum absolute atomic E-state index is 0.0619. The molecular weight excluding hydrogens is 418 g/mol. The number of anilines is 1. The van der Waals surface area contributed by atoms with Crippen molar-refractivity contribution >= 4 is 36.4 Å². The van der Waals surface area contributed by atoms with Crippen molar-refractivity contribution in [3.63, 3.8) is 0 Å². The summed E-state index contributed by atoms with van der Waals surface area (Å²) in [6.07, 6.45) is 1.50. The number of esters is 2. The second-order valence-corrected chi connectivity index (χ2v) is 7.20. The van der Waals surface area contributed by atoms with Gasteiger partial charge >= 0.3 is 17.9 Å². The van der Waals surface area contributed by atoms with Crippen LogP contribution >= 0.6 is 0 Å². The van der Waals surface area contributed by atoms with Gasteiger partial charge in [-0.3, -0.25) is 14.4 Å². The Morgan fingerprint density at radius 2 is 1.59 bits per heavy atom. The molecule has 10 nitrogen and oxygen atoms in total. The molecule has 2 aromatic rings. The molecule has 1 aliphatic rings. The van der Waals surface area contributed by atoms with E-state index in [9.17, 15) is 24.0 Å². The zero-order valence-corrected chi connectivity index (χ0v) is 17.6. The predicted molar refractivity (Wildman–Crippen MR) is 113 cm³/mol. The van der Waals surface area contributed by atoms with Crippen LogP contribution < -0.4 is 5.73 Å². The lowest BCUT2D eigenvalue weighted by molar-refractivity contribution is -0.137. The Labute approximate surface area is 184 Å². The van der Waals surface area contributed by atoms with Gasteiger partial charge in [0.15, 0.2) is 0 Å². The number of carbonyl (C=O) groups excluding carboxylic acids is 4. The maximum Gasteiger partial charge on any atom is 0.346 e. The number of carboxylic acid groups (broad SMARTS) is 1. The molecule has 0 unspecified atom stereocenters. The Hall–Kier alpha value is -4.21. The van der Waals surface area contributed by atoms with E-state index in [0.29, 0.717) is 37.0 Å². The van der Waals surface area contributed by atoms with Gasteiger partial charge in [0.25, 0.3) is 0 Å². The standard InChI is InChI=1S/C12H11NO4.C10H12N2O3/c1-13(7-14)6-8-2-3-9-5-11(15)17-12(16)10(9)4-8;1-12(6-13)5-7-2-3-9(11)8(4-7)10(14)15/h2-4,7H,5-6H2,1H3;2-4,6H,5,11H2,1H3,(H,14,15). The molecule has 0 spiro atoms. The lowest BCUT2D eigenvalue weighted by Gasteiger charge is -2.16. The zero-order chi connectivity index (χ0) is 23.8. The van der Waals surface area contributed by atoms with Crippen molar-refractivity contribution in [2.75, 3.05) is 19.8 Å². The third-order valence-corrected chi connectivity index (χ3v) is 4.51. The van der Waals surface area contributed by atoms with Crippen LogP contribution in [0.4, 0.5) is 5.69 Å². The number of aromatic carboxylic acids is 1. The third-order valence-electron chi connectivity index (χ3n) is 4.51. The average Bonchev–Trinajstić information content (AvgIpc) is 2.75.